The molecule has 0 bridgehead atoms. The van der Waals surface area contributed by atoms with E-state index in [1.807, 2.05) is 0 Å². The molecule has 0 saturated heterocycles. The van der Waals surface area contributed by atoms with Crippen molar-refractivity contribution < 1.29 is 4.79 Å². The minimum Gasteiger partial charge on any atom is -0.365 e. The number of nitrogens with two attached hydrogens (primary N) is 1. The number of rotatable bonds is 6. The summed E-state index contributed by atoms with van der Waals surface area (Å²) >= 11 is 0. The van der Waals surface area contributed by atoms with Gasteiger partial charge in [-0.3, -0.25) is 4.79 Å². The van der Waals surface area contributed by atoms with Gasteiger partial charge in [-0.1, -0.05) is 27.7 Å². The van der Waals surface area contributed by atoms with Gasteiger partial charge in [-0.15, -0.1) is 0 Å². The van der Waals surface area contributed by atoms with Gasteiger partial charge in [0, 0.05) is 12.2 Å². The van der Waals surface area contributed by atoms with Gasteiger partial charge in [0.1, 0.15) is 0 Å². The zero-order chi connectivity index (χ0) is 17.0. The van der Waals surface area contributed by atoms with E-state index in [1.165, 1.54) is 12.8 Å². The fourth-order valence-electron chi connectivity index (χ4n) is 2.98. The lowest BCUT2D eigenvalue weighted by Gasteiger charge is -2.27. The number of hydrogen-bond donors (Lipinski definition) is 2. The van der Waals surface area contributed by atoms with E-state index in [0.717, 1.165) is 30.9 Å². The molecule has 3 N–H and O–H groups in total. The summed E-state index contributed by atoms with van der Waals surface area (Å²) in [7, 11) is 0. The molecule has 1 aliphatic rings. The van der Waals surface area contributed by atoms with E-state index in [1.54, 1.807) is 6.20 Å². The Morgan fingerprint density at radius 2 is 1.96 bits per heavy atom. The molecule has 1 aliphatic carbocycles. The Kier molecular flexibility index (Phi) is 5.97. The standard InChI is InChI=1S/C18H30N4O/c1-11(2)13(4)9-16-15(17(19)23)10-20-18(22-16)21-14-7-5-12(3)6-8-14/h10-14H,5-9H2,1-4H3,(H2,19,23)(H,20,21,22)/t12?,13-,14?/m0/s1. The molecule has 23 heavy (non-hydrogen) atoms. The first-order valence-electron chi connectivity index (χ1n) is 8.79. The quantitative estimate of drug-likeness (QED) is 0.842. The number of amides is 1. The molecule has 1 fully saturated rings. The number of carbonyl (C=O) groups is 1. The van der Waals surface area contributed by atoms with Crippen LogP contribution in [0.3, 0.4) is 0 Å². The Labute approximate surface area is 139 Å². The Bertz CT molecular complexity index is 536. The first-order valence-corrected chi connectivity index (χ1v) is 8.79. The molecule has 2 rings (SSSR count). The molecular formula is C18H30N4O. The third-order valence-electron chi connectivity index (χ3n) is 5.14. The number of hydrogen-bond acceptors (Lipinski definition) is 4. The van der Waals surface area contributed by atoms with Crippen molar-refractivity contribution in [3.63, 3.8) is 0 Å². The molecule has 0 unspecified atom stereocenters. The summed E-state index contributed by atoms with van der Waals surface area (Å²) in [6.45, 7) is 8.84. The van der Waals surface area contributed by atoms with Crippen molar-refractivity contribution in [3.8, 4) is 0 Å². The topological polar surface area (TPSA) is 80.9 Å². The highest BCUT2D eigenvalue weighted by Gasteiger charge is 2.21. The number of nitrogens with one attached hydrogen (secondary N) is 1. The average molecular weight is 318 g/mol. The van der Waals surface area contributed by atoms with Gasteiger partial charge < -0.3 is 11.1 Å². The predicted octanol–water partition coefficient (Wildman–Crippen LogP) is 3.40. The van der Waals surface area contributed by atoms with Crippen molar-refractivity contribution in [3.05, 3.63) is 17.5 Å². The van der Waals surface area contributed by atoms with Crippen molar-refractivity contribution >= 4 is 11.9 Å². The van der Waals surface area contributed by atoms with Crippen molar-refractivity contribution in [1.29, 1.82) is 0 Å². The monoisotopic (exact) mass is 318 g/mol. The number of carbonyl (C=O) groups excluding carboxylic acids is 1. The van der Waals surface area contributed by atoms with E-state index in [0.29, 0.717) is 29.4 Å². The summed E-state index contributed by atoms with van der Waals surface area (Å²) in [4.78, 5) is 20.5. The van der Waals surface area contributed by atoms with Crippen molar-refractivity contribution in [1.82, 2.24) is 9.97 Å². The van der Waals surface area contributed by atoms with Crippen LogP contribution in [0.15, 0.2) is 6.20 Å². The third-order valence-corrected chi connectivity index (χ3v) is 5.14. The summed E-state index contributed by atoms with van der Waals surface area (Å²) in [5.41, 5.74) is 6.69. The molecule has 128 valence electrons. The maximum absolute atomic E-state index is 11.6. The maximum atomic E-state index is 11.6. The van der Waals surface area contributed by atoms with Gasteiger partial charge in [-0.05, 0) is 49.9 Å². The van der Waals surface area contributed by atoms with E-state index >= 15 is 0 Å². The van der Waals surface area contributed by atoms with Gasteiger partial charge >= 0.3 is 0 Å². The molecule has 1 aromatic heterocycles. The van der Waals surface area contributed by atoms with Gasteiger partial charge in [0.25, 0.3) is 5.91 Å². The SMILES string of the molecule is CC1CCC(Nc2ncc(C(N)=O)c(C[C@H](C)C(C)C)n2)CC1. The van der Waals surface area contributed by atoms with Crippen molar-refractivity contribution in [2.75, 3.05) is 5.32 Å². The number of primary amides is 1. The normalized spacial score (nSPS) is 22.8. The lowest BCUT2D eigenvalue weighted by Crippen LogP contribution is -2.27. The molecule has 0 radical (unpaired) electrons. The van der Waals surface area contributed by atoms with Crippen LogP contribution in [0.2, 0.25) is 0 Å². The molecule has 1 atom stereocenters. The second-order valence-corrected chi connectivity index (χ2v) is 7.44. The molecular weight excluding hydrogens is 288 g/mol. The fourth-order valence-corrected chi connectivity index (χ4v) is 2.98. The Hall–Kier alpha value is -1.65. The highest BCUT2D eigenvalue weighted by atomic mass is 16.1. The first kappa shape index (κ1) is 17.7. The maximum Gasteiger partial charge on any atom is 0.252 e. The lowest BCUT2D eigenvalue weighted by molar-refractivity contribution is 0.0998. The van der Waals surface area contributed by atoms with Crippen LogP contribution in [0, 0.1) is 17.8 Å². The second kappa shape index (κ2) is 7.75. The Morgan fingerprint density at radius 1 is 1.30 bits per heavy atom. The molecule has 5 heteroatoms. The van der Waals surface area contributed by atoms with E-state index in [4.69, 9.17) is 5.73 Å². The van der Waals surface area contributed by atoms with E-state index in [9.17, 15) is 4.79 Å². The Balaban J connectivity index is 2.13. The summed E-state index contributed by atoms with van der Waals surface area (Å²) in [5, 5.41) is 3.44. The van der Waals surface area contributed by atoms with Gasteiger partial charge in [0.2, 0.25) is 5.95 Å². The second-order valence-electron chi connectivity index (χ2n) is 7.44. The summed E-state index contributed by atoms with van der Waals surface area (Å²) in [6, 6.07) is 0.431. The van der Waals surface area contributed by atoms with Crippen LogP contribution in [0.25, 0.3) is 0 Å². The van der Waals surface area contributed by atoms with Crippen LogP contribution in [0.4, 0.5) is 5.95 Å². The highest BCUT2D eigenvalue weighted by molar-refractivity contribution is 5.93. The molecule has 0 aromatic carbocycles. The Morgan fingerprint density at radius 3 is 2.52 bits per heavy atom. The van der Waals surface area contributed by atoms with Crippen LogP contribution >= 0.6 is 0 Å². The molecule has 1 heterocycles. The first-order chi connectivity index (χ1) is 10.9. The number of nitrogens with zero attached hydrogens (tertiary/aromatic N) is 2. The van der Waals surface area contributed by atoms with Gasteiger partial charge in [0.15, 0.2) is 0 Å². The van der Waals surface area contributed by atoms with E-state index in [-0.39, 0.29) is 0 Å². The van der Waals surface area contributed by atoms with Crippen molar-refractivity contribution in [2.45, 2.75) is 65.8 Å². The largest absolute Gasteiger partial charge is 0.365 e. The fraction of sp³-hybridized carbons (Fsp3) is 0.722. The van der Waals surface area contributed by atoms with Crippen LogP contribution in [-0.2, 0) is 6.42 Å². The third kappa shape index (κ3) is 4.91. The number of aromatic nitrogens is 2. The molecule has 1 amide bonds. The van der Waals surface area contributed by atoms with Gasteiger partial charge in [0.05, 0.1) is 11.3 Å². The van der Waals surface area contributed by atoms with Crippen LogP contribution in [0.5, 0.6) is 0 Å². The van der Waals surface area contributed by atoms with Crippen molar-refractivity contribution in [2.24, 2.45) is 23.5 Å². The predicted molar refractivity (Wildman–Crippen MR) is 93.3 cm³/mol. The summed E-state index contributed by atoms with van der Waals surface area (Å²) in [6.07, 6.45) is 7.11. The summed E-state index contributed by atoms with van der Waals surface area (Å²) < 4.78 is 0. The minimum absolute atomic E-state index is 0.431. The molecule has 1 aromatic rings. The van der Waals surface area contributed by atoms with Crippen LogP contribution in [0.1, 0.15) is 69.4 Å². The van der Waals surface area contributed by atoms with E-state index < -0.39 is 5.91 Å². The van der Waals surface area contributed by atoms with Crippen LogP contribution in [-0.4, -0.2) is 21.9 Å². The van der Waals surface area contributed by atoms with Crippen LogP contribution < -0.4 is 11.1 Å². The van der Waals surface area contributed by atoms with Gasteiger partial charge in [-0.25, -0.2) is 9.97 Å². The summed E-state index contributed by atoms with van der Waals surface area (Å²) in [5.74, 6) is 1.96. The van der Waals surface area contributed by atoms with Gasteiger partial charge in [-0.2, -0.15) is 0 Å². The molecule has 5 nitrogen and oxygen atoms in total. The zero-order valence-corrected chi connectivity index (χ0v) is 14.8. The average Bonchev–Trinajstić information content (AvgIpc) is 2.49. The number of anilines is 1. The molecule has 0 aliphatic heterocycles. The highest BCUT2D eigenvalue weighted by Crippen LogP contribution is 2.25. The molecule has 1 saturated carbocycles. The smallest absolute Gasteiger partial charge is 0.252 e. The lowest BCUT2D eigenvalue weighted by atomic mass is 9.87. The minimum atomic E-state index is -0.450. The van der Waals surface area contributed by atoms with E-state index in [2.05, 4.69) is 43.0 Å². The molecule has 0 spiro atoms. The zero-order valence-electron chi connectivity index (χ0n) is 14.8.